The molecule has 1 radical (unpaired) electrons. The van der Waals surface area contributed by atoms with Crippen LogP contribution in [-0.4, -0.2) is 20.4 Å². The molecule has 3 nitrogen and oxygen atoms in total. The van der Waals surface area contributed by atoms with Crippen LogP contribution in [0.1, 0.15) is 21.5 Å². The molecule has 0 atom stereocenters. The van der Waals surface area contributed by atoms with Crippen molar-refractivity contribution in [3.05, 3.63) is 33.3 Å². The number of esters is 1. The zero-order chi connectivity index (χ0) is 12.1. The highest BCUT2D eigenvalue weighted by Gasteiger charge is 2.15. The van der Waals surface area contributed by atoms with Crippen LogP contribution in [-0.2, 0) is 11.1 Å². The second kappa shape index (κ2) is 5.71. The third-order valence-electron chi connectivity index (χ3n) is 2.14. The fraction of sp³-hybridized carbons (Fsp3) is 0.273. The molecule has 0 heterocycles. The number of halogens is 1. The Bertz CT molecular complexity index is 454. The summed E-state index contributed by atoms with van der Waals surface area (Å²) in [6, 6.07) is 5.26. The highest BCUT2D eigenvalue weighted by Crippen LogP contribution is 2.24. The van der Waals surface area contributed by atoms with Crippen LogP contribution in [0.5, 0.6) is 0 Å². The van der Waals surface area contributed by atoms with Crippen molar-refractivity contribution in [1.29, 1.82) is 5.26 Å². The minimum absolute atomic E-state index is 0.422. The molecule has 0 saturated carbocycles. The molecule has 0 amide bonds. The summed E-state index contributed by atoms with van der Waals surface area (Å²) in [5, 5.41) is 8.83. The topological polar surface area (TPSA) is 50.1 Å². The minimum Gasteiger partial charge on any atom is -0.465 e. The lowest BCUT2D eigenvalue weighted by Crippen LogP contribution is -2.08. The van der Waals surface area contributed by atoms with Gasteiger partial charge in [0.1, 0.15) is 7.28 Å². The molecule has 0 aliphatic rings. The Morgan fingerprint density at radius 1 is 1.62 bits per heavy atom. The zero-order valence-electron chi connectivity index (χ0n) is 9.08. The van der Waals surface area contributed by atoms with E-state index >= 15 is 0 Å². The quantitative estimate of drug-likeness (QED) is 0.630. The monoisotopic (exact) mass is 278 g/mol. The van der Waals surface area contributed by atoms with Gasteiger partial charge in [0.2, 0.25) is 0 Å². The molecular formula is C11H10BBrNO2. The smallest absolute Gasteiger partial charge is 0.338 e. The van der Waals surface area contributed by atoms with Gasteiger partial charge in [-0.1, -0.05) is 29.1 Å². The Kier molecular flexibility index (Phi) is 4.57. The Balaban J connectivity index is 3.35. The fourth-order valence-corrected chi connectivity index (χ4v) is 2.03. The van der Waals surface area contributed by atoms with E-state index in [0.717, 1.165) is 10.0 Å². The SMILES string of the molecule is C[B]Cc1c(Br)cc(C#N)cc1C(=O)OC. The summed E-state index contributed by atoms with van der Waals surface area (Å²) in [6.07, 6.45) is 0.650. The van der Waals surface area contributed by atoms with Crippen molar-refractivity contribution < 1.29 is 9.53 Å². The molecule has 1 rings (SSSR count). The van der Waals surface area contributed by atoms with E-state index < -0.39 is 5.97 Å². The van der Waals surface area contributed by atoms with Crippen LogP contribution in [0.3, 0.4) is 0 Å². The van der Waals surface area contributed by atoms with Crippen molar-refractivity contribution in [3.63, 3.8) is 0 Å². The largest absolute Gasteiger partial charge is 0.465 e. The number of benzene rings is 1. The molecule has 0 aliphatic heterocycles. The van der Waals surface area contributed by atoms with Crippen LogP contribution in [0.4, 0.5) is 0 Å². The first-order valence-electron chi connectivity index (χ1n) is 4.72. The zero-order valence-corrected chi connectivity index (χ0v) is 10.7. The second-order valence-corrected chi connectivity index (χ2v) is 4.05. The maximum absolute atomic E-state index is 11.6. The summed E-state index contributed by atoms with van der Waals surface area (Å²) in [6.45, 7) is 1.91. The van der Waals surface area contributed by atoms with Crippen LogP contribution < -0.4 is 0 Å². The number of nitrogens with zero attached hydrogens (tertiary/aromatic N) is 1. The highest BCUT2D eigenvalue weighted by atomic mass is 79.9. The second-order valence-electron chi connectivity index (χ2n) is 3.20. The van der Waals surface area contributed by atoms with E-state index in [1.807, 2.05) is 20.2 Å². The van der Waals surface area contributed by atoms with Crippen molar-refractivity contribution in [1.82, 2.24) is 0 Å². The van der Waals surface area contributed by atoms with E-state index in [1.54, 1.807) is 12.1 Å². The average molecular weight is 279 g/mol. The lowest BCUT2D eigenvalue weighted by atomic mass is 9.74. The first-order chi connectivity index (χ1) is 7.63. The van der Waals surface area contributed by atoms with Gasteiger partial charge in [-0.2, -0.15) is 5.26 Å². The van der Waals surface area contributed by atoms with Crippen LogP contribution >= 0.6 is 15.9 Å². The first-order valence-corrected chi connectivity index (χ1v) is 5.52. The van der Waals surface area contributed by atoms with Gasteiger partial charge in [0.25, 0.3) is 0 Å². The third kappa shape index (κ3) is 2.64. The molecule has 1 aromatic carbocycles. The Hall–Kier alpha value is -1.28. The lowest BCUT2D eigenvalue weighted by molar-refractivity contribution is 0.0599. The maximum Gasteiger partial charge on any atom is 0.338 e. The molecule has 81 valence electrons. The summed E-state index contributed by atoms with van der Waals surface area (Å²) in [5.74, 6) is -0.422. The van der Waals surface area contributed by atoms with E-state index in [2.05, 4.69) is 15.9 Å². The van der Waals surface area contributed by atoms with Crippen LogP contribution in [0, 0.1) is 11.3 Å². The lowest BCUT2D eigenvalue weighted by Gasteiger charge is -2.09. The predicted molar refractivity (Wildman–Crippen MR) is 65.5 cm³/mol. The number of rotatable bonds is 3. The predicted octanol–water partition coefficient (Wildman–Crippen LogP) is 2.36. The van der Waals surface area contributed by atoms with Crippen molar-refractivity contribution in [2.75, 3.05) is 7.11 Å². The third-order valence-corrected chi connectivity index (χ3v) is 2.85. The number of carbonyl (C=O) groups excluding carboxylic acids is 1. The highest BCUT2D eigenvalue weighted by molar-refractivity contribution is 9.10. The molecule has 0 fully saturated rings. The van der Waals surface area contributed by atoms with E-state index in [9.17, 15) is 4.79 Å². The molecule has 5 heteroatoms. The number of hydrogen-bond acceptors (Lipinski definition) is 3. The Labute approximate surface area is 104 Å². The van der Waals surface area contributed by atoms with Gasteiger partial charge >= 0.3 is 5.97 Å². The molecule has 0 unspecified atom stereocenters. The standard InChI is InChI=1S/C11H10BBrNO2/c1-12-5-9-8(11(15)16-2)3-7(6-14)4-10(9)13/h3-4H,5H2,1-2H3. The molecule has 0 spiro atoms. The average Bonchev–Trinajstić information content (AvgIpc) is 2.30. The summed E-state index contributed by atoms with van der Waals surface area (Å²) >= 11 is 3.36. The molecule has 0 aliphatic carbocycles. The molecule has 0 bridgehead atoms. The van der Waals surface area contributed by atoms with Crippen LogP contribution in [0.2, 0.25) is 6.82 Å². The van der Waals surface area contributed by atoms with Crippen molar-refractivity contribution >= 4 is 29.2 Å². The van der Waals surface area contributed by atoms with Gasteiger partial charge < -0.3 is 4.74 Å². The van der Waals surface area contributed by atoms with Crippen LogP contribution in [0.25, 0.3) is 0 Å². The van der Waals surface area contributed by atoms with Crippen molar-refractivity contribution in [3.8, 4) is 6.07 Å². The minimum atomic E-state index is -0.422. The number of hydrogen-bond donors (Lipinski definition) is 0. The van der Waals surface area contributed by atoms with E-state index in [0.29, 0.717) is 17.4 Å². The van der Waals surface area contributed by atoms with Gasteiger partial charge in [0, 0.05) is 4.47 Å². The van der Waals surface area contributed by atoms with E-state index in [4.69, 9.17) is 10.00 Å². The summed E-state index contributed by atoms with van der Waals surface area (Å²) in [5.41, 5.74) is 1.71. The number of ether oxygens (including phenoxy) is 1. The molecule has 0 N–H and O–H groups in total. The van der Waals surface area contributed by atoms with E-state index in [1.165, 1.54) is 7.11 Å². The van der Waals surface area contributed by atoms with Gasteiger partial charge in [0.15, 0.2) is 0 Å². The molecular weight excluding hydrogens is 269 g/mol. The van der Waals surface area contributed by atoms with Gasteiger partial charge in [-0.05, 0) is 17.7 Å². The number of carbonyl (C=O) groups is 1. The van der Waals surface area contributed by atoms with Gasteiger partial charge in [-0.3, -0.25) is 0 Å². The van der Waals surface area contributed by atoms with Gasteiger partial charge in [-0.25, -0.2) is 4.79 Å². The molecule has 0 aromatic heterocycles. The summed E-state index contributed by atoms with van der Waals surface area (Å²) in [7, 11) is 3.27. The number of methoxy groups -OCH3 is 1. The van der Waals surface area contributed by atoms with Crippen LogP contribution in [0.15, 0.2) is 16.6 Å². The molecule has 0 saturated heterocycles. The van der Waals surface area contributed by atoms with Gasteiger partial charge in [-0.15, -0.1) is 0 Å². The summed E-state index contributed by atoms with van der Waals surface area (Å²) < 4.78 is 5.45. The van der Waals surface area contributed by atoms with E-state index in [-0.39, 0.29) is 0 Å². The Morgan fingerprint density at radius 3 is 2.81 bits per heavy atom. The maximum atomic E-state index is 11.6. The molecule has 16 heavy (non-hydrogen) atoms. The summed E-state index contributed by atoms with van der Waals surface area (Å²) in [4.78, 5) is 11.6. The van der Waals surface area contributed by atoms with Crippen molar-refractivity contribution in [2.24, 2.45) is 0 Å². The Morgan fingerprint density at radius 2 is 2.31 bits per heavy atom. The first kappa shape index (κ1) is 12.8. The van der Waals surface area contributed by atoms with Gasteiger partial charge in [0.05, 0.1) is 24.3 Å². The van der Waals surface area contributed by atoms with Crippen molar-refractivity contribution in [2.45, 2.75) is 13.1 Å². The number of nitriles is 1. The fourth-order valence-electron chi connectivity index (χ4n) is 1.40. The normalized spacial score (nSPS) is 9.38. The molecule has 1 aromatic rings.